The average molecular weight is 178 g/mol. The van der Waals surface area contributed by atoms with E-state index in [1.54, 1.807) is 18.2 Å². The van der Waals surface area contributed by atoms with Gasteiger partial charge < -0.3 is 15.4 Å². The van der Waals surface area contributed by atoms with Crippen LogP contribution in [-0.2, 0) is 0 Å². The molecule has 0 radical (unpaired) electrons. The van der Waals surface area contributed by atoms with E-state index in [0.717, 1.165) is 0 Å². The number of amides is 2. The van der Waals surface area contributed by atoms with Gasteiger partial charge in [0, 0.05) is 5.82 Å². The van der Waals surface area contributed by atoms with Gasteiger partial charge in [0.25, 0.3) is 0 Å². The SMILES string of the molecule is O=C1N=C2C=C[C@@H](B(O)O)C=C2N1. The van der Waals surface area contributed by atoms with Crippen molar-refractivity contribution in [2.75, 3.05) is 0 Å². The van der Waals surface area contributed by atoms with Gasteiger partial charge in [-0.1, -0.05) is 12.2 Å². The molecule has 0 unspecified atom stereocenters. The molecule has 6 heteroatoms. The molecule has 1 atom stereocenters. The maximum Gasteiger partial charge on any atom is 0.462 e. The highest BCUT2D eigenvalue weighted by Gasteiger charge is 2.27. The second-order valence-corrected chi connectivity index (χ2v) is 2.86. The molecule has 0 bridgehead atoms. The first-order chi connectivity index (χ1) is 6.16. The highest BCUT2D eigenvalue weighted by molar-refractivity contribution is 6.45. The fourth-order valence-corrected chi connectivity index (χ4v) is 1.27. The molecule has 0 aromatic rings. The summed E-state index contributed by atoms with van der Waals surface area (Å²) in [6.45, 7) is 0. The Morgan fingerprint density at radius 1 is 1.54 bits per heavy atom. The monoisotopic (exact) mass is 178 g/mol. The van der Waals surface area contributed by atoms with Crippen LogP contribution in [0.15, 0.2) is 28.9 Å². The van der Waals surface area contributed by atoms with Gasteiger partial charge in [-0.3, -0.25) is 0 Å². The molecule has 3 N–H and O–H groups in total. The second-order valence-electron chi connectivity index (χ2n) is 2.86. The van der Waals surface area contributed by atoms with Gasteiger partial charge in [-0.25, -0.2) is 4.79 Å². The predicted molar refractivity (Wildman–Crippen MR) is 47.1 cm³/mol. The van der Waals surface area contributed by atoms with Gasteiger partial charge in [0.2, 0.25) is 0 Å². The Bertz CT molecular complexity index is 346. The van der Waals surface area contributed by atoms with E-state index in [0.29, 0.717) is 11.4 Å². The van der Waals surface area contributed by atoms with Gasteiger partial charge in [0.05, 0.1) is 11.4 Å². The Kier molecular flexibility index (Phi) is 1.79. The minimum Gasteiger partial charge on any atom is -0.426 e. The van der Waals surface area contributed by atoms with Crippen LogP contribution < -0.4 is 5.32 Å². The number of nitrogens with one attached hydrogen (secondary N) is 1. The number of hydrogen-bond acceptors (Lipinski definition) is 3. The number of aliphatic imine (C=N–C) groups is 1. The van der Waals surface area contributed by atoms with E-state index < -0.39 is 19.0 Å². The molecule has 0 saturated heterocycles. The number of fused-ring (bicyclic) bond motifs is 1. The number of allylic oxidation sites excluding steroid dienone is 3. The van der Waals surface area contributed by atoms with Gasteiger partial charge >= 0.3 is 13.1 Å². The van der Waals surface area contributed by atoms with E-state index in [1.807, 2.05) is 0 Å². The molecule has 2 aliphatic rings. The summed E-state index contributed by atoms with van der Waals surface area (Å²) in [4.78, 5) is 14.4. The highest BCUT2D eigenvalue weighted by Crippen LogP contribution is 2.21. The van der Waals surface area contributed by atoms with Crippen molar-refractivity contribution < 1.29 is 14.8 Å². The molecule has 2 amide bonds. The Morgan fingerprint density at radius 2 is 2.31 bits per heavy atom. The van der Waals surface area contributed by atoms with Crippen LogP contribution in [0.3, 0.4) is 0 Å². The van der Waals surface area contributed by atoms with Crippen LogP contribution in [0.5, 0.6) is 0 Å². The van der Waals surface area contributed by atoms with Crippen LogP contribution in [0.2, 0.25) is 5.82 Å². The fourth-order valence-electron chi connectivity index (χ4n) is 1.27. The molecular formula is C7H7BN2O3. The standard InChI is InChI=1S/C7H7BN2O3/c11-7-9-5-2-1-4(8(12)13)3-6(5)10-7/h1-4,12-13H,(H,10,11)/t4-/m1/s1. The predicted octanol–water partition coefficient (Wildman–Crippen LogP) is -0.553. The van der Waals surface area contributed by atoms with Crippen LogP contribution in [0.4, 0.5) is 4.79 Å². The van der Waals surface area contributed by atoms with Crippen LogP contribution in [0.25, 0.3) is 0 Å². The molecule has 0 fully saturated rings. The van der Waals surface area contributed by atoms with Crippen molar-refractivity contribution in [2.45, 2.75) is 5.82 Å². The molecule has 2 rings (SSSR count). The summed E-state index contributed by atoms with van der Waals surface area (Å²) >= 11 is 0. The van der Waals surface area contributed by atoms with Gasteiger partial charge in [-0.05, 0) is 6.08 Å². The number of rotatable bonds is 1. The Labute approximate surface area is 74.6 Å². The third-order valence-corrected chi connectivity index (χ3v) is 1.92. The van der Waals surface area contributed by atoms with E-state index in [1.165, 1.54) is 0 Å². The van der Waals surface area contributed by atoms with E-state index in [2.05, 4.69) is 10.3 Å². The van der Waals surface area contributed by atoms with Gasteiger partial charge in [-0.2, -0.15) is 4.99 Å². The number of hydrogen-bond donors (Lipinski definition) is 3. The molecular weight excluding hydrogens is 171 g/mol. The van der Waals surface area contributed by atoms with Crippen molar-refractivity contribution in [3.63, 3.8) is 0 Å². The van der Waals surface area contributed by atoms with Gasteiger partial charge in [-0.15, -0.1) is 0 Å². The Balaban J connectivity index is 2.27. The lowest BCUT2D eigenvalue weighted by Gasteiger charge is -2.12. The van der Waals surface area contributed by atoms with Crippen LogP contribution >= 0.6 is 0 Å². The molecule has 0 aromatic carbocycles. The van der Waals surface area contributed by atoms with Crippen LogP contribution in [0, 0.1) is 0 Å². The zero-order chi connectivity index (χ0) is 9.42. The first-order valence-corrected chi connectivity index (χ1v) is 3.83. The normalized spacial score (nSPS) is 24.8. The number of urea groups is 1. The van der Waals surface area contributed by atoms with Crippen molar-refractivity contribution in [3.05, 3.63) is 23.9 Å². The lowest BCUT2D eigenvalue weighted by Crippen LogP contribution is -2.23. The molecule has 1 aliphatic carbocycles. The van der Waals surface area contributed by atoms with Crippen molar-refractivity contribution in [3.8, 4) is 0 Å². The first-order valence-electron chi connectivity index (χ1n) is 3.83. The van der Waals surface area contributed by atoms with Crippen molar-refractivity contribution in [1.29, 1.82) is 0 Å². The summed E-state index contributed by atoms with van der Waals surface area (Å²) in [6, 6.07) is -0.418. The zero-order valence-corrected chi connectivity index (χ0v) is 6.64. The van der Waals surface area contributed by atoms with E-state index >= 15 is 0 Å². The molecule has 1 aliphatic heterocycles. The van der Waals surface area contributed by atoms with E-state index in [9.17, 15) is 4.79 Å². The molecule has 5 nitrogen and oxygen atoms in total. The summed E-state index contributed by atoms with van der Waals surface area (Å²) in [5, 5.41) is 20.2. The lowest BCUT2D eigenvalue weighted by molar-refractivity contribution is 0.253. The molecule has 66 valence electrons. The van der Waals surface area contributed by atoms with E-state index in [-0.39, 0.29) is 0 Å². The number of carbonyl (C=O) groups is 1. The minimum atomic E-state index is -1.44. The third kappa shape index (κ3) is 1.41. The summed E-state index contributed by atoms with van der Waals surface area (Å²) in [5.41, 5.74) is 1.09. The van der Waals surface area contributed by atoms with Crippen molar-refractivity contribution >= 4 is 18.9 Å². The van der Waals surface area contributed by atoms with E-state index in [4.69, 9.17) is 10.0 Å². The summed E-state index contributed by atoms with van der Waals surface area (Å²) in [7, 11) is -1.44. The maximum absolute atomic E-state index is 10.8. The van der Waals surface area contributed by atoms with Gasteiger partial charge in [0.1, 0.15) is 0 Å². The summed E-state index contributed by atoms with van der Waals surface area (Å²) in [6.07, 6.45) is 4.75. The minimum absolute atomic E-state index is 0.418. The topological polar surface area (TPSA) is 81.9 Å². The lowest BCUT2D eigenvalue weighted by atomic mass is 9.70. The number of nitrogens with zero attached hydrogens (tertiary/aromatic N) is 1. The van der Waals surface area contributed by atoms with Crippen molar-refractivity contribution in [1.82, 2.24) is 5.32 Å². The Morgan fingerprint density at radius 3 is 3.00 bits per heavy atom. The largest absolute Gasteiger partial charge is 0.462 e. The molecule has 13 heavy (non-hydrogen) atoms. The smallest absolute Gasteiger partial charge is 0.426 e. The zero-order valence-electron chi connectivity index (χ0n) is 6.64. The van der Waals surface area contributed by atoms with Crippen LogP contribution in [-0.4, -0.2) is 28.9 Å². The summed E-state index contributed by atoms with van der Waals surface area (Å²) < 4.78 is 0. The molecule has 0 saturated carbocycles. The Hall–Kier alpha value is -1.40. The third-order valence-electron chi connectivity index (χ3n) is 1.92. The molecule has 1 heterocycles. The maximum atomic E-state index is 10.8. The van der Waals surface area contributed by atoms with Gasteiger partial charge in [0.15, 0.2) is 0 Å². The van der Waals surface area contributed by atoms with Crippen molar-refractivity contribution in [2.24, 2.45) is 4.99 Å². The average Bonchev–Trinajstić information content (AvgIpc) is 2.42. The second kappa shape index (κ2) is 2.83. The molecule has 0 aromatic heterocycles. The first kappa shape index (κ1) is 8.21. The fraction of sp³-hybridized carbons (Fsp3) is 0.143. The summed E-state index contributed by atoms with van der Waals surface area (Å²) in [5.74, 6) is -0.479. The van der Waals surface area contributed by atoms with Crippen LogP contribution in [0.1, 0.15) is 0 Å². The quantitative estimate of drug-likeness (QED) is 0.471. The molecule has 0 spiro atoms. The number of carbonyl (C=O) groups excluding carboxylic acids is 1. The highest BCUT2D eigenvalue weighted by atomic mass is 16.4.